The van der Waals surface area contributed by atoms with Crippen LogP contribution in [-0.2, 0) is 14.8 Å². The van der Waals surface area contributed by atoms with Crippen molar-refractivity contribution < 1.29 is 27.9 Å². The molecule has 0 unspecified atom stereocenters. The average molecular weight is 364 g/mol. The molecule has 2 rings (SSSR count). The second-order valence-corrected chi connectivity index (χ2v) is 6.71. The first-order valence-corrected chi connectivity index (χ1v) is 8.53. The van der Waals surface area contributed by atoms with E-state index >= 15 is 0 Å². The number of anilines is 2. The number of sulfonamides is 1. The average Bonchev–Trinajstić information content (AvgIpc) is 2.54. The summed E-state index contributed by atoms with van der Waals surface area (Å²) in [5.74, 6) is -1.10. The Balaban J connectivity index is 2.30. The summed E-state index contributed by atoms with van der Waals surface area (Å²) in [4.78, 5) is 22.0. The number of hydrogen-bond donors (Lipinski definition) is 3. The van der Waals surface area contributed by atoms with Gasteiger partial charge in [-0.05, 0) is 42.5 Å². The molecular weight excluding hydrogens is 348 g/mol. The van der Waals surface area contributed by atoms with Gasteiger partial charge in [0.2, 0.25) is 5.91 Å². The van der Waals surface area contributed by atoms with Gasteiger partial charge in [0.25, 0.3) is 10.0 Å². The van der Waals surface area contributed by atoms with Crippen molar-refractivity contribution >= 4 is 33.3 Å². The Hall–Kier alpha value is -3.07. The first-order valence-electron chi connectivity index (χ1n) is 7.05. The van der Waals surface area contributed by atoms with Gasteiger partial charge in [-0.15, -0.1) is 0 Å². The van der Waals surface area contributed by atoms with E-state index in [2.05, 4.69) is 10.0 Å². The summed E-state index contributed by atoms with van der Waals surface area (Å²) in [6, 6.07) is 9.21. The fourth-order valence-corrected chi connectivity index (χ4v) is 3.10. The standard InChI is InChI=1S/C16H16N2O6S/c1-10(19)17-14-9-12(5-8-15(14)24-2)18-25(22,23)13-6-3-11(4-7-13)16(20)21/h3-9,18H,1-2H3,(H,17,19)(H,20,21). The number of carboxylic acids is 1. The molecule has 0 saturated carbocycles. The minimum absolute atomic E-state index is 0.0173. The van der Waals surface area contributed by atoms with Gasteiger partial charge in [0.15, 0.2) is 0 Å². The number of amides is 1. The molecule has 8 nitrogen and oxygen atoms in total. The van der Waals surface area contributed by atoms with Gasteiger partial charge < -0.3 is 15.2 Å². The minimum atomic E-state index is -3.92. The second-order valence-electron chi connectivity index (χ2n) is 5.03. The zero-order valence-corrected chi connectivity index (χ0v) is 14.3. The minimum Gasteiger partial charge on any atom is -0.495 e. The second kappa shape index (κ2) is 7.22. The molecule has 1 amide bonds. The normalized spacial score (nSPS) is 10.8. The predicted molar refractivity (Wildman–Crippen MR) is 91.5 cm³/mol. The molecule has 3 N–H and O–H groups in total. The number of rotatable bonds is 6. The van der Waals surface area contributed by atoms with Crippen molar-refractivity contribution in [2.75, 3.05) is 17.1 Å². The van der Waals surface area contributed by atoms with Crippen molar-refractivity contribution in [2.45, 2.75) is 11.8 Å². The Bertz CT molecular complexity index is 907. The molecule has 132 valence electrons. The molecule has 0 heterocycles. The molecule has 0 fully saturated rings. The van der Waals surface area contributed by atoms with Gasteiger partial charge in [0.1, 0.15) is 5.75 Å². The van der Waals surface area contributed by atoms with Crippen LogP contribution in [-0.4, -0.2) is 32.5 Å². The van der Waals surface area contributed by atoms with Crippen molar-refractivity contribution in [3.8, 4) is 5.75 Å². The highest BCUT2D eigenvalue weighted by Crippen LogP contribution is 2.29. The van der Waals surface area contributed by atoms with Crippen LogP contribution in [0.15, 0.2) is 47.4 Å². The van der Waals surface area contributed by atoms with E-state index in [0.717, 1.165) is 0 Å². The van der Waals surface area contributed by atoms with Gasteiger partial charge in [0.05, 0.1) is 28.9 Å². The fraction of sp³-hybridized carbons (Fsp3) is 0.125. The maximum atomic E-state index is 12.4. The van der Waals surface area contributed by atoms with Crippen LogP contribution in [0.3, 0.4) is 0 Å². The molecule has 9 heteroatoms. The number of carbonyl (C=O) groups is 2. The molecule has 0 spiro atoms. The van der Waals surface area contributed by atoms with E-state index in [1.807, 2.05) is 0 Å². The van der Waals surface area contributed by atoms with E-state index in [-0.39, 0.29) is 22.1 Å². The number of benzene rings is 2. The molecule has 0 aliphatic heterocycles. The highest BCUT2D eigenvalue weighted by molar-refractivity contribution is 7.92. The van der Waals surface area contributed by atoms with Gasteiger partial charge in [-0.2, -0.15) is 0 Å². The summed E-state index contributed by atoms with van der Waals surface area (Å²) in [6.07, 6.45) is 0. The van der Waals surface area contributed by atoms with Gasteiger partial charge in [-0.3, -0.25) is 9.52 Å². The van der Waals surface area contributed by atoms with Gasteiger partial charge in [0, 0.05) is 6.92 Å². The highest BCUT2D eigenvalue weighted by Gasteiger charge is 2.16. The van der Waals surface area contributed by atoms with E-state index in [1.54, 1.807) is 0 Å². The summed E-state index contributed by atoms with van der Waals surface area (Å²) in [5, 5.41) is 11.4. The lowest BCUT2D eigenvalue weighted by Gasteiger charge is -2.13. The molecule has 0 bridgehead atoms. The van der Waals surface area contributed by atoms with Gasteiger partial charge in [-0.1, -0.05) is 0 Å². The van der Waals surface area contributed by atoms with Crippen LogP contribution in [0.25, 0.3) is 0 Å². The zero-order chi connectivity index (χ0) is 18.6. The molecule has 25 heavy (non-hydrogen) atoms. The quantitative estimate of drug-likeness (QED) is 0.722. The fourth-order valence-electron chi connectivity index (χ4n) is 2.05. The Labute approximate surface area is 144 Å². The SMILES string of the molecule is COc1ccc(NS(=O)(=O)c2ccc(C(=O)O)cc2)cc1NC(C)=O. The summed E-state index contributed by atoms with van der Waals surface area (Å²) in [6.45, 7) is 1.32. The number of ether oxygens (including phenoxy) is 1. The smallest absolute Gasteiger partial charge is 0.335 e. The molecule has 0 atom stereocenters. The maximum absolute atomic E-state index is 12.4. The third-order valence-electron chi connectivity index (χ3n) is 3.17. The molecule has 2 aromatic carbocycles. The summed E-state index contributed by atoms with van der Waals surface area (Å²) in [5.41, 5.74) is 0.514. The monoisotopic (exact) mass is 364 g/mol. The van der Waals surface area contributed by atoms with E-state index < -0.39 is 16.0 Å². The van der Waals surface area contributed by atoms with Crippen LogP contribution in [0, 0.1) is 0 Å². The number of hydrogen-bond acceptors (Lipinski definition) is 5. The molecule has 0 aliphatic carbocycles. The van der Waals surface area contributed by atoms with Crippen molar-refractivity contribution in [2.24, 2.45) is 0 Å². The molecule has 0 aromatic heterocycles. The lowest BCUT2D eigenvalue weighted by atomic mass is 10.2. The van der Waals surface area contributed by atoms with E-state index in [9.17, 15) is 18.0 Å². The predicted octanol–water partition coefficient (Wildman–Crippen LogP) is 2.15. The lowest BCUT2D eigenvalue weighted by molar-refractivity contribution is -0.114. The number of nitrogens with one attached hydrogen (secondary N) is 2. The summed E-state index contributed by atoms with van der Waals surface area (Å²) >= 11 is 0. The lowest BCUT2D eigenvalue weighted by Crippen LogP contribution is -2.14. The number of methoxy groups -OCH3 is 1. The highest BCUT2D eigenvalue weighted by atomic mass is 32.2. The number of aromatic carboxylic acids is 1. The van der Waals surface area contributed by atoms with Crippen LogP contribution in [0.4, 0.5) is 11.4 Å². The third kappa shape index (κ3) is 4.48. The van der Waals surface area contributed by atoms with E-state index in [4.69, 9.17) is 9.84 Å². The van der Waals surface area contributed by atoms with Crippen molar-refractivity contribution in [1.82, 2.24) is 0 Å². The van der Waals surface area contributed by atoms with Crippen LogP contribution in [0.5, 0.6) is 5.75 Å². The largest absolute Gasteiger partial charge is 0.495 e. The first kappa shape index (κ1) is 18.3. The number of carbonyl (C=O) groups excluding carboxylic acids is 1. The Morgan fingerprint density at radius 1 is 1.08 bits per heavy atom. The molecule has 0 saturated heterocycles. The zero-order valence-electron chi connectivity index (χ0n) is 13.4. The van der Waals surface area contributed by atoms with E-state index in [0.29, 0.717) is 11.4 Å². The maximum Gasteiger partial charge on any atom is 0.335 e. The summed E-state index contributed by atoms with van der Waals surface area (Å²) < 4.78 is 32.3. The van der Waals surface area contributed by atoms with Crippen molar-refractivity contribution in [3.63, 3.8) is 0 Å². The van der Waals surface area contributed by atoms with Crippen LogP contribution in [0.2, 0.25) is 0 Å². The number of carboxylic acid groups (broad SMARTS) is 1. The Kier molecular flexibility index (Phi) is 5.28. The van der Waals surface area contributed by atoms with Gasteiger partial charge in [-0.25, -0.2) is 13.2 Å². The first-order chi connectivity index (χ1) is 11.7. The molecule has 0 radical (unpaired) electrons. The van der Waals surface area contributed by atoms with Crippen LogP contribution >= 0.6 is 0 Å². The van der Waals surface area contributed by atoms with Crippen molar-refractivity contribution in [1.29, 1.82) is 0 Å². The van der Waals surface area contributed by atoms with Crippen molar-refractivity contribution in [3.05, 3.63) is 48.0 Å². The summed E-state index contributed by atoms with van der Waals surface area (Å²) in [7, 11) is -2.49. The molecule has 2 aromatic rings. The third-order valence-corrected chi connectivity index (χ3v) is 4.57. The topological polar surface area (TPSA) is 122 Å². The Morgan fingerprint density at radius 3 is 2.24 bits per heavy atom. The van der Waals surface area contributed by atoms with E-state index in [1.165, 1.54) is 56.5 Å². The van der Waals surface area contributed by atoms with Crippen LogP contribution < -0.4 is 14.8 Å². The van der Waals surface area contributed by atoms with Gasteiger partial charge >= 0.3 is 5.97 Å². The Morgan fingerprint density at radius 2 is 1.72 bits per heavy atom. The molecular formula is C16H16N2O6S. The van der Waals surface area contributed by atoms with Crippen LogP contribution in [0.1, 0.15) is 17.3 Å². The molecule has 0 aliphatic rings.